The second kappa shape index (κ2) is 9.16. The fourth-order valence-electron chi connectivity index (χ4n) is 2.59. The van der Waals surface area contributed by atoms with Gasteiger partial charge in [0.05, 0.1) is 0 Å². The maximum atomic E-state index is 6.38. The van der Waals surface area contributed by atoms with Crippen LogP contribution in [0.15, 0.2) is 12.3 Å². The van der Waals surface area contributed by atoms with E-state index in [2.05, 4.69) is 39.3 Å². The van der Waals surface area contributed by atoms with Gasteiger partial charge in [0.15, 0.2) is 8.32 Å². The molecule has 0 aromatic rings. The maximum Gasteiger partial charge on any atom is 0.670 e. The average molecular weight is 445 g/mol. The Kier molecular flexibility index (Phi) is 9.36. The molecule has 150 valence electrons. The molecule has 0 saturated heterocycles. The zero-order chi connectivity index (χ0) is 20.2. The van der Waals surface area contributed by atoms with Gasteiger partial charge in [-0.1, -0.05) is 5.70 Å². The average Bonchev–Trinajstić information content (AvgIpc) is 2.40. The summed E-state index contributed by atoms with van der Waals surface area (Å²) < 4.78 is 41.2. The minimum absolute atomic E-state index is 1.49. The Hall–Kier alpha value is 0.544. The van der Waals surface area contributed by atoms with E-state index in [1.807, 2.05) is 19.6 Å². The summed E-state index contributed by atoms with van der Waals surface area (Å²) in [6, 6.07) is 0. The predicted octanol–water partition coefficient (Wildman–Crippen LogP) is 3.46. The van der Waals surface area contributed by atoms with E-state index in [0.717, 1.165) is 0 Å². The standard InChI is InChI=1S/C13H36O7Si5/c1-13-24(12,20-25(14-2,15-3)16-4)19-23(10,11)18-22(8,9)17-21(5,6)7/h13H,1H2,2-12H3. The first-order valence-corrected chi connectivity index (χ1v) is 21.2. The SMILES string of the molecule is C=C[Si](C)(O[Si](C)(C)O[Si](C)(C)O[Si](C)(C)C)O[Si](OC)(OC)OC. The summed E-state index contributed by atoms with van der Waals surface area (Å²) in [7, 11) is -8.20. The van der Waals surface area contributed by atoms with Gasteiger partial charge in [0.1, 0.15) is 0 Å². The molecule has 0 aromatic heterocycles. The van der Waals surface area contributed by atoms with Crippen molar-refractivity contribution in [1.82, 2.24) is 0 Å². The van der Waals surface area contributed by atoms with Crippen molar-refractivity contribution in [3.63, 3.8) is 0 Å². The molecule has 0 rings (SSSR count). The fraction of sp³-hybridized carbons (Fsp3) is 0.846. The third kappa shape index (κ3) is 9.34. The molecule has 0 aliphatic heterocycles. The van der Waals surface area contributed by atoms with E-state index in [0.29, 0.717) is 0 Å². The Morgan fingerprint density at radius 1 is 0.600 bits per heavy atom. The summed E-state index contributed by atoms with van der Waals surface area (Å²) >= 11 is 0. The molecule has 0 radical (unpaired) electrons. The van der Waals surface area contributed by atoms with E-state index >= 15 is 0 Å². The molecule has 1 unspecified atom stereocenters. The highest BCUT2D eigenvalue weighted by molar-refractivity contribution is 6.90. The molecule has 0 aliphatic carbocycles. The molecule has 0 saturated carbocycles. The van der Waals surface area contributed by atoms with Crippen LogP contribution in [0, 0.1) is 0 Å². The predicted molar refractivity (Wildman–Crippen MR) is 111 cm³/mol. The van der Waals surface area contributed by atoms with Gasteiger partial charge in [0.2, 0.25) is 0 Å². The minimum Gasteiger partial charge on any atom is -0.437 e. The van der Waals surface area contributed by atoms with E-state index in [4.69, 9.17) is 29.7 Å². The lowest BCUT2D eigenvalue weighted by Crippen LogP contribution is -2.61. The molecule has 0 bridgehead atoms. The van der Waals surface area contributed by atoms with Crippen molar-refractivity contribution in [3.8, 4) is 0 Å². The Balaban J connectivity index is 5.29. The van der Waals surface area contributed by atoms with Gasteiger partial charge >= 0.3 is 34.7 Å². The van der Waals surface area contributed by atoms with Crippen LogP contribution in [0.2, 0.25) is 52.4 Å². The van der Waals surface area contributed by atoms with Gasteiger partial charge < -0.3 is 29.7 Å². The van der Waals surface area contributed by atoms with Crippen LogP contribution in [0.4, 0.5) is 0 Å². The highest BCUT2D eigenvalue weighted by Gasteiger charge is 2.52. The van der Waals surface area contributed by atoms with Crippen LogP contribution in [0.3, 0.4) is 0 Å². The van der Waals surface area contributed by atoms with Crippen molar-refractivity contribution < 1.29 is 29.7 Å². The molecular formula is C13H36O7Si5. The molecule has 0 aliphatic rings. The molecule has 0 aromatic carbocycles. The van der Waals surface area contributed by atoms with E-state index in [-0.39, 0.29) is 0 Å². The van der Waals surface area contributed by atoms with Crippen molar-refractivity contribution in [3.05, 3.63) is 12.3 Å². The van der Waals surface area contributed by atoms with Gasteiger partial charge in [-0.15, -0.1) is 6.58 Å². The summed E-state index contributed by atoms with van der Waals surface area (Å²) in [6.45, 7) is 20.3. The molecule has 0 heterocycles. The normalized spacial score (nSPS) is 16.6. The number of rotatable bonds is 12. The van der Waals surface area contributed by atoms with E-state index in [1.54, 1.807) is 5.70 Å². The monoisotopic (exact) mass is 444 g/mol. The molecule has 0 fully saturated rings. The Bertz CT molecular complexity index is 429. The maximum absolute atomic E-state index is 6.38. The van der Waals surface area contributed by atoms with Crippen LogP contribution in [0.25, 0.3) is 0 Å². The fourth-order valence-corrected chi connectivity index (χ4v) is 22.9. The second-order valence-corrected chi connectivity index (χ2v) is 25.4. The van der Waals surface area contributed by atoms with Crippen LogP contribution >= 0.6 is 0 Å². The van der Waals surface area contributed by atoms with Gasteiger partial charge in [-0.05, 0) is 52.4 Å². The van der Waals surface area contributed by atoms with E-state index in [9.17, 15) is 0 Å². The first-order chi connectivity index (χ1) is 11.1. The van der Waals surface area contributed by atoms with Crippen molar-refractivity contribution in [1.29, 1.82) is 0 Å². The molecule has 0 spiro atoms. The molecular weight excluding hydrogens is 409 g/mol. The highest BCUT2D eigenvalue weighted by atomic mass is 28.5. The van der Waals surface area contributed by atoms with Crippen LogP contribution in [0.1, 0.15) is 0 Å². The lowest BCUT2D eigenvalue weighted by molar-refractivity contribution is 0.0412. The molecule has 0 N–H and O–H groups in total. The van der Waals surface area contributed by atoms with Crippen LogP contribution in [-0.4, -0.2) is 64.4 Å². The van der Waals surface area contributed by atoms with Gasteiger partial charge in [0.25, 0.3) is 0 Å². The van der Waals surface area contributed by atoms with Crippen LogP contribution in [0.5, 0.6) is 0 Å². The van der Waals surface area contributed by atoms with Gasteiger partial charge in [-0.3, -0.25) is 0 Å². The van der Waals surface area contributed by atoms with Crippen molar-refractivity contribution in [2.45, 2.75) is 52.4 Å². The smallest absolute Gasteiger partial charge is 0.437 e. The summed E-state index contributed by atoms with van der Waals surface area (Å²) in [4.78, 5) is 0. The van der Waals surface area contributed by atoms with Crippen molar-refractivity contribution in [2.24, 2.45) is 0 Å². The van der Waals surface area contributed by atoms with Gasteiger partial charge in [0, 0.05) is 21.3 Å². The number of hydrogen-bond donors (Lipinski definition) is 0. The zero-order valence-electron chi connectivity index (χ0n) is 17.6. The molecule has 0 amide bonds. The van der Waals surface area contributed by atoms with Crippen molar-refractivity contribution in [2.75, 3.05) is 21.3 Å². The van der Waals surface area contributed by atoms with Gasteiger partial charge in [-0.2, -0.15) is 0 Å². The summed E-state index contributed by atoms with van der Waals surface area (Å²) in [5.74, 6) is 0. The van der Waals surface area contributed by atoms with Crippen molar-refractivity contribution >= 4 is 43.0 Å². The Morgan fingerprint density at radius 2 is 1.00 bits per heavy atom. The molecule has 1 atom stereocenters. The molecule has 7 nitrogen and oxygen atoms in total. The Morgan fingerprint density at radius 3 is 1.32 bits per heavy atom. The van der Waals surface area contributed by atoms with E-state index < -0.39 is 43.0 Å². The lowest BCUT2D eigenvalue weighted by atomic mass is 11.3. The quantitative estimate of drug-likeness (QED) is 0.427. The molecule has 25 heavy (non-hydrogen) atoms. The Labute approximate surface area is 158 Å². The molecule has 12 heteroatoms. The first kappa shape index (κ1) is 25.5. The van der Waals surface area contributed by atoms with Crippen LogP contribution < -0.4 is 0 Å². The van der Waals surface area contributed by atoms with Gasteiger partial charge in [-0.25, -0.2) is 0 Å². The summed E-state index contributed by atoms with van der Waals surface area (Å²) in [6.07, 6.45) is 0. The topological polar surface area (TPSA) is 64.6 Å². The summed E-state index contributed by atoms with van der Waals surface area (Å²) in [5, 5.41) is 0. The van der Waals surface area contributed by atoms with E-state index in [1.165, 1.54) is 21.3 Å². The number of hydrogen-bond acceptors (Lipinski definition) is 7. The summed E-state index contributed by atoms with van der Waals surface area (Å²) in [5.41, 5.74) is 1.69. The van der Waals surface area contributed by atoms with Crippen LogP contribution in [-0.2, 0) is 29.7 Å². The third-order valence-corrected chi connectivity index (χ3v) is 19.7. The lowest BCUT2D eigenvalue weighted by Gasteiger charge is -2.41. The largest absolute Gasteiger partial charge is 0.670 e. The highest BCUT2D eigenvalue weighted by Crippen LogP contribution is 2.26. The third-order valence-electron chi connectivity index (χ3n) is 2.94. The first-order valence-electron chi connectivity index (χ1n) is 8.17. The zero-order valence-corrected chi connectivity index (χ0v) is 22.6. The second-order valence-electron chi connectivity index (χ2n) is 7.65. The minimum atomic E-state index is -3.25.